The number of nitrogens with zero attached hydrogens (tertiary/aromatic N) is 2. The van der Waals surface area contributed by atoms with Gasteiger partial charge in [-0.2, -0.15) is 0 Å². The van der Waals surface area contributed by atoms with E-state index >= 15 is 0 Å². The number of nitrogens with two attached hydrogens (primary N) is 1. The van der Waals surface area contributed by atoms with Crippen molar-refractivity contribution in [2.24, 2.45) is 11.7 Å². The van der Waals surface area contributed by atoms with E-state index in [4.69, 9.17) is 5.73 Å². The lowest BCUT2D eigenvalue weighted by Gasteiger charge is -2.29. The summed E-state index contributed by atoms with van der Waals surface area (Å²) in [5, 5.41) is 16.6. The van der Waals surface area contributed by atoms with Gasteiger partial charge in [-0.05, 0) is 44.5 Å². The van der Waals surface area contributed by atoms with Crippen molar-refractivity contribution in [3.8, 4) is 0 Å². The number of rotatable bonds is 9. The third-order valence-electron chi connectivity index (χ3n) is 4.44. The number of nitro groups is 1. The monoisotopic (exact) mass is 363 g/mol. The minimum Gasteiger partial charge on any atom is -0.385 e. The van der Waals surface area contributed by atoms with Gasteiger partial charge in [0, 0.05) is 36.8 Å². The molecule has 0 atom stereocenters. The summed E-state index contributed by atoms with van der Waals surface area (Å²) in [4.78, 5) is 35.2. The number of nitrogens with one attached hydrogen (secondary N) is 2. The van der Waals surface area contributed by atoms with Crippen molar-refractivity contribution in [3.05, 3.63) is 34.4 Å². The van der Waals surface area contributed by atoms with Gasteiger partial charge in [0.1, 0.15) is 0 Å². The first kappa shape index (κ1) is 19.6. The molecule has 1 aromatic carbocycles. The summed E-state index contributed by atoms with van der Waals surface area (Å²) in [7, 11) is 0. The lowest BCUT2D eigenvalue weighted by Crippen LogP contribution is -2.43. The van der Waals surface area contributed by atoms with Crippen LogP contribution < -0.4 is 16.4 Å². The van der Waals surface area contributed by atoms with Crippen molar-refractivity contribution in [1.29, 1.82) is 0 Å². The Hall–Kier alpha value is -2.68. The average molecular weight is 363 g/mol. The fourth-order valence-corrected chi connectivity index (χ4v) is 2.88. The van der Waals surface area contributed by atoms with Crippen molar-refractivity contribution in [2.75, 3.05) is 38.0 Å². The molecule has 1 heterocycles. The maximum Gasteiger partial charge on any atom is 0.269 e. The number of nitro benzene ring substituents is 1. The van der Waals surface area contributed by atoms with Crippen LogP contribution in [-0.2, 0) is 9.59 Å². The summed E-state index contributed by atoms with van der Waals surface area (Å²) in [5.74, 6) is -0.354. The Morgan fingerprint density at radius 2 is 1.85 bits per heavy atom. The van der Waals surface area contributed by atoms with Crippen LogP contribution in [0.15, 0.2) is 24.3 Å². The van der Waals surface area contributed by atoms with Gasteiger partial charge in [0.2, 0.25) is 11.8 Å². The second-order valence-electron chi connectivity index (χ2n) is 6.39. The smallest absolute Gasteiger partial charge is 0.269 e. The van der Waals surface area contributed by atoms with E-state index in [-0.39, 0.29) is 23.4 Å². The zero-order chi connectivity index (χ0) is 18.9. The molecular weight excluding hydrogens is 338 g/mol. The molecule has 0 radical (unpaired) electrons. The van der Waals surface area contributed by atoms with Gasteiger partial charge >= 0.3 is 0 Å². The number of piperidine rings is 1. The zero-order valence-electron chi connectivity index (χ0n) is 14.6. The molecule has 1 aliphatic rings. The molecule has 1 fully saturated rings. The minimum absolute atomic E-state index is 0.0298. The first-order valence-electron chi connectivity index (χ1n) is 8.72. The van der Waals surface area contributed by atoms with Crippen LogP contribution in [0.5, 0.6) is 0 Å². The second-order valence-corrected chi connectivity index (χ2v) is 6.39. The third-order valence-corrected chi connectivity index (χ3v) is 4.44. The molecule has 1 saturated heterocycles. The molecule has 2 rings (SSSR count). The van der Waals surface area contributed by atoms with Crippen LogP contribution in [0.3, 0.4) is 0 Å². The van der Waals surface area contributed by atoms with Crippen LogP contribution in [0.25, 0.3) is 0 Å². The Morgan fingerprint density at radius 1 is 1.19 bits per heavy atom. The Kier molecular flexibility index (Phi) is 7.34. The number of anilines is 1. The SMILES string of the molecule is NC(=O)C1CCN(CC(=O)NCCCNc2ccc([N+](=O)[O-])cc2)CC1. The molecule has 0 aliphatic carbocycles. The van der Waals surface area contributed by atoms with Gasteiger partial charge in [-0.1, -0.05) is 0 Å². The Morgan fingerprint density at radius 3 is 2.42 bits per heavy atom. The number of carbonyl (C=O) groups is 2. The molecule has 9 nitrogen and oxygen atoms in total. The molecule has 26 heavy (non-hydrogen) atoms. The molecule has 2 amide bonds. The quantitative estimate of drug-likeness (QED) is 0.336. The molecule has 9 heteroatoms. The summed E-state index contributed by atoms with van der Waals surface area (Å²) in [5.41, 5.74) is 6.16. The number of hydrogen-bond acceptors (Lipinski definition) is 6. The normalized spacial score (nSPS) is 15.4. The predicted molar refractivity (Wildman–Crippen MR) is 97.6 cm³/mol. The lowest BCUT2D eigenvalue weighted by atomic mass is 9.96. The Bertz CT molecular complexity index is 627. The Balaban J connectivity index is 1.56. The predicted octanol–water partition coefficient (Wildman–Crippen LogP) is 0.710. The van der Waals surface area contributed by atoms with Crippen molar-refractivity contribution in [3.63, 3.8) is 0 Å². The summed E-state index contributed by atoms with van der Waals surface area (Å²) in [6.07, 6.45) is 2.16. The molecule has 142 valence electrons. The maximum atomic E-state index is 11.9. The van der Waals surface area contributed by atoms with Crippen molar-refractivity contribution < 1.29 is 14.5 Å². The highest BCUT2D eigenvalue weighted by molar-refractivity contribution is 5.78. The van der Waals surface area contributed by atoms with Gasteiger partial charge in [-0.3, -0.25) is 24.6 Å². The first-order chi connectivity index (χ1) is 12.5. The number of hydrogen-bond donors (Lipinski definition) is 3. The van der Waals surface area contributed by atoms with E-state index < -0.39 is 4.92 Å². The van der Waals surface area contributed by atoms with Crippen LogP contribution in [0.2, 0.25) is 0 Å². The van der Waals surface area contributed by atoms with Gasteiger partial charge in [0.05, 0.1) is 11.5 Å². The zero-order valence-corrected chi connectivity index (χ0v) is 14.6. The lowest BCUT2D eigenvalue weighted by molar-refractivity contribution is -0.384. The molecule has 0 spiro atoms. The molecule has 1 aromatic rings. The van der Waals surface area contributed by atoms with E-state index in [9.17, 15) is 19.7 Å². The highest BCUT2D eigenvalue weighted by Crippen LogP contribution is 2.16. The fourth-order valence-electron chi connectivity index (χ4n) is 2.88. The number of carbonyl (C=O) groups excluding carboxylic acids is 2. The fraction of sp³-hybridized carbons (Fsp3) is 0.529. The molecule has 0 saturated carbocycles. The van der Waals surface area contributed by atoms with Gasteiger partial charge in [0.25, 0.3) is 5.69 Å². The highest BCUT2D eigenvalue weighted by Gasteiger charge is 2.23. The van der Waals surface area contributed by atoms with Crippen molar-refractivity contribution in [1.82, 2.24) is 10.2 Å². The van der Waals surface area contributed by atoms with Crippen molar-refractivity contribution in [2.45, 2.75) is 19.3 Å². The number of amides is 2. The molecule has 1 aliphatic heterocycles. The van der Waals surface area contributed by atoms with Gasteiger partial charge in [-0.25, -0.2) is 0 Å². The molecule has 4 N–H and O–H groups in total. The highest BCUT2D eigenvalue weighted by atomic mass is 16.6. The van der Waals surface area contributed by atoms with Crippen LogP contribution >= 0.6 is 0 Å². The van der Waals surface area contributed by atoms with E-state index in [0.717, 1.165) is 12.1 Å². The van der Waals surface area contributed by atoms with Crippen LogP contribution in [0, 0.1) is 16.0 Å². The van der Waals surface area contributed by atoms with E-state index in [1.807, 2.05) is 4.90 Å². The number of primary amides is 1. The summed E-state index contributed by atoms with van der Waals surface area (Å²) < 4.78 is 0. The molecule has 0 bridgehead atoms. The first-order valence-corrected chi connectivity index (χ1v) is 8.72. The van der Waals surface area contributed by atoms with Gasteiger partial charge < -0.3 is 16.4 Å². The van der Waals surface area contributed by atoms with Gasteiger partial charge in [0.15, 0.2) is 0 Å². The van der Waals surface area contributed by atoms with Crippen molar-refractivity contribution >= 4 is 23.2 Å². The maximum absolute atomic E-state index is 11.9. The summed E-state index contributed by atoms with van der Waals surface area (Å²) in [6.45, 7) is 2.96. The molecule has 0 aromatic heterocycles. The average Bonchev–Trinajstić information content (AvgIpc) is 2.62. The Labute approximate surface area is 152 Å². The summed E-state index contributed by atoms with van der Waals surface area (Å²) >= 11 is 0. The minimum atomic E-state index is -0.435. The number of likely N-dealkylation sites (tertiary alicyclic amines) is 1. The molecule has 0 unspecified atom stereocenters. The van der Waals surface area contributed by atoms with E-state index in [0.29, 0.717) is 45.6 Å². The van der Waals surface area contributed by atoms with E-state index in [1.165, 1.54) is 12.1 Å². The van der Waals surface area contributed by atoms with Gasteiger partial charge in [-0.15, -0.1) is 0 Å². The van der Waals surface area contributed by atoms with Crippen LogP contribution in [0.1, 0.15) is 19.3 Å². The topological polar surface area (TPSA) is 131 Å². The third kappa shape index (κ3) is 6.32. The summed E-state index contributed by atoms with van der Waals surface area (Å²) in [6, 6.07) is 6.22. The number of benzene rings is 1. The second kappa shape index (κ2) is 9.71. The van der Waals surface area contributed by atoms with E-state index in [1.54, 1.807) is 12.1 Å². The van der Waals surface area contributed by atoms with Crippen LogP contribution in [-0.4, -0.2) is 54.4 Å². The largest absolute Gasteiger partial charge is 0.385 e. The van der Waals surface area contributed by atoms with Crippen LogP contribution in [0.4, 0.5) is 11.4 Å². The molecular formula is C17H25N5O4. The van der Waals surface area contributed by atoms with E-state index in [2.05, 4.69) is 10.6 Å². The standard InChI is InChI=1S/C17H25N5O4/c18-17(24)13-6-10-21(11-7-13)12-16(23)20-9-1-8-19-14-2-4-15(5-3-14)22(25)26/h2-5,13,19H,1,6-12H2,(H2,18,24)(H,20,23). The number of non-ortho nitro benzene ring substituents is 1.